The average molecular weight is 459 g/mol. The summed E-state index contributed by atoms with van der Waals surface area (Å²) in [6.07, 6.45) is 0.506. The fourth-order valence-corrected chi connectivity index (χ4v) is 3.65. The molecular weight excluding hydrogens is 438 g/mol. The summed E-state index contributed by atoms with van der Waals surface area (Å²) in [4.78, 5) is 30.1. The van der Waals surface area contributed by atoms with Crippen molar-refractivity contribution in [3.05, 3.63) is 71.6 Å². The lowest BCUT2D eigenvalue weighted by Crippen LogP contribution is -2.49. The van der Waals surface area contributed by atoms with Crippen molar-refractivity contribution in [2.75, 3.05) is 18.6 Å². The summed E-state index contributed by atoms with van der Waals surface area (Å²) in [5.41, 5.74) is 2.26. The molecule has 172 valence electrons. The Morgan fingerprint density at radius 2 is 1.97 bits per heavy atom. The standard InChI is InChI=1S/C23H21N7O4/c1-13-26-29-22(34-13)15-8-9-17-18(11-15)33-12-16(23(32)30(17)2)24-21(31)20-25-19(27-28-20)10-14-6-4-3-5-7-14/h3-9,11,16H,10,12H2,1-2H3,(H,24,31)(H,25,27,28). The number of nitrogens with zero attached hydrogens (tertiary/aromatic N) is 5. The van der Waals surface area contributed by atoms with Gasteiger partial charge in [-0.1, -0.05) is 30.3 Å². The highest BCUT2D eigenvalue weighted by Gasteiger charge is 2.32. The van der Waals surface area contributed by atoms with Gasteiger partial charge in [0.1, 0.15) is 24.2 Å². The first kappa shape index (κ1) is 21.3. The summed E-state index contributed by atoms with van der Waals surface area (Å²) in [5.74, 6) is 0.965. The second kappa shape index (κ2) is 8.77. The number of rotatable bonds is 5. The number of nitrogens with one attached hydrogen (secondary N) is 2. The van der Waals surface area contributed by atoms with Gasteiger partial charge in [-0.2, -0.15) is 0 Å². The number of aromatic nitrogens is 5. The molecule has 4 aromatic rings. The van der Waals surface area contributed by atoms with Gasteiger partial charge in [-0.15, -0.1) is 20.4 Å². The van der Waals surface area contributed by atoms with Gasteiger partial charge in [-0.25, -0.2) is 0 Å². The molecule has 11 heteroatoms. The van der Waals surface area contributed by atoms with Crippen LogP contribution in [0.25, 0.3) is 11.5 Å². The number of H-pyrrole nitrogens is 1. The van der Waals surface area contributed by atoms with Crippen LogP contribution in [-0.4, -0.2) is 56.9 Å². The van der Waals surface area contributed by atoms with E-state index in [0.29, 0.717) is 41.0 Å². The van der Waals surface area contributed by atoms with Crippen LogP contribution in [0.4, 0.5) is 5.69 Å². The van der Waals surface area contributed by atoms with E-state index in [1.807, 2.05) is 30.3 Å². The first-order chi connectivity index (χ1) is 16.5. The highest BCUT2D eigenvalue weighted by atomic mass is 16.5. The minimum absolute atomic E-state index is 0.0252. The number of benzene rings is 2. The first-order valence-corrected chi connectivity index (χ1v) is 10.6. The van der Waals surface area contributed by atoms with E-state index < -0.39 is 11.9 Å². The molecule has 0 radical (unpaired) electrons. The molecule has 3 heterocycles. The Kier molecular flexibility index (Phi) is 5.50. The quantitative estimate of drug-likeness (QED) is 0.461. The van der Waals surface area contributed by atoms with E-state index in [-0.39, 0.29) is 18.3 Å². The van der Waals surface area contributed by atoms with E-state index in [1.54, 1.807) is 32.2 Å². The Labute approximate surface area is 194 Å². The second-order valence-corrected chi connectivity index (χ2v) is 7.83. The number of hydrogen-bond donors (Lipinski definition) is 2. The summed E-state index contributed by atoms with van der Waals surface area (Å²) >= 11 is 0. The van der Waals surface area contributed by atoms with Crippen LogP contribution in [0.3, 0.4) is 0 Å². The predicted molar refractivity (Wildman–Crippen MR) is 120 cm³/mol. The van der Waals surface area contributed by atoms with E-state index >= 15 is 0 Å². The highest BCUT2D eigenvalue weighted by Crippen LogP contribution is 2.34. The minimum Gasteiger partial charge on any atom is -0.489 e. The van der Waals surface area contributed by atoms with Gasteiger partial charge in [0.25, 0.3) is 11.8 Å². The van der Waals surface area contributed by atoms with Gasteiger partial charge in [0.05, 0.1) is 5.69 Å². The maximum Gasteiger partial charge on any atom is 0.289 e. The number of aromatic amines is 1. The van der Waals surface area contributed by atoms with Gasteiger partial charge >= 0.3 is 0 Å². The molecule has 0 saturated heterocycles. The van der Waals surface area contributed by atoms with Gasteiger partial charge in [-0.05, 0) is 23.8 Å². The van der Waals surface area contributed by atoms with E-state index in [2.05, 4.69) is 30.7 Å². The third-order valence-electron chi connectivity index (χ3n) is 5.40. The first-order valence-electron chi connectivity index (χ1n) is 10.6. The molecule has 34 heavy (non-hydrogen) atoms. The van der Waals surface area contributed by atoms with Gasteiger partial charge in [-0.3, -0.25) is 9.59 Å². The van der Waals surface area contributed by atoms with Crippen LogP contribution in [-0.2, 0) is 11.2 Å². The Morgan fingerprint density at radius 1 is 1.15 bits per heavy atom. The lowest BCUT2D eigenvalue weighted by molar-refractivity contribution is -0.120. The summed E-state index contributed by atoms with van der Waals surface area (Å²) in [7, 11) is 1.62. The van der Waals surface area contributed by atoms with Crippen molar-refractivity contribution in [3.8, 4) is 17.2 Å². The molecule has 2 amide bonds. The van der Waals surface area contributed by atoms with Crippen LogP contribution in [0.5, 0.6) is 5.75 Å². The van der Waals surface area contributed by atoms with Gasteiger partial charge in [0.15, 0.2) is 0 Å². The molecule has 0 aliphatic carbocycles. The molecule has 2 N–H and O–H groups in total. The van der Waals surface area contributed by atoms with Crippen LogP contribution in [0, 0.1) is 6.92 Å². The zero-order valence-corrected chi connectivity index (χ0v) is 18.5. The lowest BCUT2D eigenvalue weighted by Gasteiger charge is -2.20. The molecular formula is C23H21N7O4. The zero-order chi connectivity index (χ0) is 23.7. The number of hydrogen-bond acceptors (Lipinski definition) is 8. The molecule has 1 aliphatic heterocycles. The van der Waals surface area contributed by atoms with Crippen LogP contribution in [0.1, 0.15) is 27.9 Å². The molecule has 11 nitrogen and oxygen atoms in total. The molecule has 0 saturated carbocycles. The van der Waals surface area contributed by atoms with E-state index in [1.165, 1.54) is 4.90 Å². The molecule has 0 bridgehead atoms. The lowest BCUT2D eigenvalue weighted by atomic mass is 10.1. The molecule has 1 atom stereocenters. The van der Waals surface area contributed by atoms with Crippen molar-refractivity contribution in [2.45, 2.75) is 19.4 Å². The van der Waals surface area contributed by atoms with Crippen molar-refractivity contribution >= 4 is 17.5 Å². The minimum atomic E-state index is -0.915. The second-order valence-electron chi connectivity index (χ2n) is 7.83. The average Bonchev–Trinajstić information content (AvgIpc) is 3.48. The monoisotopic (exact) mass is 459 g/mol. The Bertz CT molecular complexity index is 1350. The molecule has 1 unspecified atom stereocenters. The van der Waals surface area contributed by atoms with Crippen molar-refractivity contribution in [3.63, 3.8) is 0 Å². The van der Waals surface area contributed by atoms with Crippen molar-refractivity contribution in [2.24, 2.45) is 0 Å². The van der Waals surface area contributed by atoms with Crippen LogP contribution < -0.4 is 15.0 Å². The largest absolute Gasteiger partial charge is 0.489 e. The maximum absolute atomic E-state index is 13.0. The normalized spacial score (nSPS) is 15.4. The Morgan fingerprint density at radius 3 is 2.74 bits per heavy atom. The number of likely N-dealkylation sites (N-methyl/N-ethyl adjacent to an activating group) is 1. The summed E-state index contributed by atoms with van der Waals surface area (Å²) in [6.45, 7) is 1.65. The fraction of sp³-hybridized carbons (Fsp3) is 0.217. The van der Waals surface area contributed by atoms with Gasteiger partial charge in [0, 0.05) is 26.0 Å². The Hall–Kier alpha value is -4.54. The number of anilines is 1. The number of carbonyl (C=O) groups is 2. The third-order valence-corrected chi connectivity index (χ3v) is 5.40. The highest BCUT2D eigenvalue weighted by molar-refractivity contribution is 6.02. The molecule has 1 aliphatic rings. The number of fused-ring (bicyclic) bond motifs is 1. The maximum atomic E-state index is 13.0. The number of ether oxygens (including phenoxy) is 1. The Balaban J connectivity index is 1.29. The van der Waals surface area contributed by atoms with Crippen LogP contribution in [0.15, 0.2) is 52.9 Å². The van der Waals surface area contributed by atoms with Crippen LogP contribution >= 0.6 is 0 Å². The van der Waals surface area contributed by atoms with Gasteiger partial charge < -0.3 is 24.4 Å². The fourth-order valence-electron chi connectivity index (χ4n) is 3.65. The SMILES string of the molecule is Cc1nnc(-c2ccc3c(c2)OCC(NC(=O)c2nnc(Cc4ccccc4)[nH]2)C(=O)N3C)o1. The van der Waals surface area contributed by atoms with Crippen molar-refractivity contribution < 1.29 is 18.7 Å². The molecule has 2 aromatic heterocycles. The number of carbonyl (C=O) groups excluding carboxylic acids is 2. The number of aryl methyl sites for hydroxylation is 1. The van der Waals surface area contributed by atoms with Gasteiger partial charge in [0.2, 0.25) is 17.6 Å². The topological polar surface area (TPSA) is 139 Å². The molecule has 0 spiro atoms. The van der Waals surface area contributed by atoms with Crippen LogP contribution in [0.2, 0.25) is 0 Å². The predicted octanol–water partition coefficient (Wildman–Crippen LogP) is 1.91. The van der Waals surface area contributed by atoms with Crippen molar-refractivity contribution in [1.82, 2.24) is 30.7 Å². The summed E-state index contributed by atoms with van der Waals surface area (Å²) in [6, 6.07) is 14.0. The summed E-state index contributed by atoms with van der Waals surface area (Å²) in [5, 5.41) is 18.5. The smallest absolute Gasteiger partial charge is 0.289 e. The molecule has 5 rings (SSSR count). The van der Waals surface area contributed by atoms with E-state index in [4.69, 9.17) is 9.15 Å². The molecule has 0 fully saturated rings. The summed E-state index contributed by atoms with van der Waals surface area (Å²) < 4.78 is 11.3. The number of amides is 2. The van der Waals surface area contributed by atoms with Crippen molar-refractivity contribution in [1.29, 1.82) is 0 Å². The third kappa shape index (κ3) is 4.22. The molecule has 2 aromatic carbocycles. The van der Waals surface area contributed by atoms with E-state index in [0.717, 1.165) is 5.56 Å². The van der Waals surface area contributed by atoms with E-state index in [9.17, 15) is 9.59 Å². The zero-order valence-electron chi connectivity index (χ0n) is 18.5.